The summed E-state index contributed by atoms with van der Waals surface area (Å²) in [7, 11) is 0. The quantitative estimate of drug-likeness (QED) is 0.836. The fraction of sp³-hybridized carbons (Fsp3) is 0.579. The lowest BCUT2D eigenvalue weighted by molar-refractivity contribution is -0.122. The summed E-state index contributed by atoms with van der Waals surface area (Å²) in [6.45, 7) is 8.77. The lowest BCUT2D eigenvalue weighted by Gasteiger charge is -2.23. The minimum absolute atomic E-state index is 0.0120. The number of hydrogen-bond acceptors (Lipinski definition) is 3. The predicted molar refractivity (Wildman–Crippen MR) is 98.4 cm³/mol. The molecule has 1 heterocycles. The third-order valence-electron chi connectivity index (χ3n) is 4.26. The molecule has 2 amide bonds. The summed E-state index contributed by atoms with van der Waals surface area (Å²) >= 11 is 0. The van der Waals surface area contributed by atoms with E-state index in [0.29, 0.717) is 25.4 Å². The molecule has 132 valence electrons. The van der Waals surface area contributed by atoms with Gasteiger partial charge in [-0.05, 0) is 43.0 Å². The fourth-order valence-corrected chi connectivity index (χ4v) is 3.04. The average molecular weight is 331 g/mol. The Hall–Kier alpha value is -2.04. The molecule has 0 spiro atoms. The smallest absolute Gasteiger partial charge is 0.223 e. The van der Waals surface area contributed by atoms with Gasteiger partial charge in [0.1, 0.15) is 0 Å². The fourth-order valence-electron chi connectivity index (χ4n) is 3.04. The summed E-state index contributed by atoms with van der Waals surface area (Å²) in [5.41, 5.74) is 2.09. The molecule has 0 aliphatic carbocycles. The Labute approximate surface area is 145 Å². The first-order valence-corrected chi connectivity index (χ1v) is 8.87. The van der Waals surface area contributed by atoms with Gasteiger partial charge in [0.05, 0.1) is 0 Å². The van der Waals surface area contributed by atoms with E-state index in [9.17, 15) is 9.59 Å². The Balaban J connectivity index is 1.92. The molecule has 1 aliphatic rings. The number of benzene rings is 1. The number of anilines is 2. The van der Waals surface area contributed by atoms with Crippen LogP contribution in [0.1, 0.15) is 40.0 Å². The topological polar surface area (TPSA) is 52.7 Å². The second-order valence-corrected chi connectivity index (χ2v) is 6.83. The molecule has 1 aliphatic heterocycles. The van der Waals surface area contributed by atoms with Crippen molar-refractivity contribution < 1.29 is 9.59 Å². The van der Waals surface area contributed by atoms with Crippen molar-refractivity contribution in [1.82, 2.24) is 5.32 Å². The summed E-state index contributed by atoms with van der Waals surface area (Å²) in [5.74, 6) is 0.368. The second-order valence-electron chi connectivity index (χ2n) is 6.83. The molecule has 0 aromatic heterocycles. The maximum absolute atomic E-state index is 11.9. The molecule has 1 fully saturated rings. The number of carbonyl (C=O) groups excluding carboxylic acids is 2. The van der Waals surface area contributed by atoms with Crippen molar-refractivity contribution in [2.45, 2.75) is 40.0 Å². The van der Waals surface area contributed by atoms with Crippen molar-refractivity contribution in [3.05, 3.63) is 24.3 Å². The molecule has 0 radical (unpaired) electrons. The number of nitrogens with zero attached hydrogens (tertiary/aromatic N) is 2. The third kappa shape index (κ3) is 5.25. The maximum atomic E-state index is 11.9. The molecule has 2 rings (SSSR count). The van der Waals surface area contributed by atoms with Crippen LogP contribution in [0.25, 0.3) is 0 Å². The molecule has 24 heavy (non-hydrogen) atoms. The minimum Gasteiger partial charge on any atom is -0.372 e. The zero-order valence-corrected chi connectivity index (χ0v) is 15.0. The number of nitrogens with one attached hydrogen (secondary N) is 1. The van der Waals surface area contributed by atoms with Gasteiger partial charge >= 0.3 is 0 Å². The Bertz CT molecular complexity index is 548. The second kappa shape index (κ2) is 8.71. The molecule has 1 saturated heterocycles. The molecule has 5 nitrogen and oxygen atoms in total. The Morgan fingerprint density at radius 2 is 1.79 bits per heavy atom. The molecule has 1 N–H and O–H groups in total. The molecule has 1 aromatic carbocycles. The molecule has 0 saturated carbocycles. The van der Waals surface area contributed by atoms with Crippen molar-refractivity contribution in [3.63, 3.8) is 0 Å². The van der Waals surface area contributed by atoms with Crippen LogP contribution in [0.3, 0.4) is 0 Å². The molecule has 0 atom stereocenters. The van der Waals surface area contributed by atoms with Crippen molar-refractivity contribution in [3.8, 4) is 0 Å². The maximum Gasteiger partial charge on any atom is 0.223 e. The van der Waals surface area contributed by atoms with Crippen molar-refractivity contribution in [2.24, 2.45) is 5.92 Å². The highest BCUT2D eigenvalue weighted by Crippen LogP contribution is 2.23. The van der Waals surface area contributed by atoms with Crippen LogP contribution in [0.4, 0.5) is 11.4 Å². The highest BCUT2D eigenvalue weighted by atomic mass is 16.2. The normalized spacial score (nSPS) is 14.1. The van der Waals surface area contributed by atoms with Gasteiger partial charge in [0.2, 0.25) is 11.8 Å². The molecule has 5 heteroatoms. The zero-order chi connectivity index (χ0) is 17.5. The molecular weight excluding hydrogens is 302 g/mol. The first kappa shape index (κ1) is 18.3. The summed E-state index contributed by atoms with van der Waals surface area (Å²) in [4.78, 5) is 27.7. The van der Waals surface area contributed by atoms with Gasteiger partial charge in [-0.25, -0.2) is 0 Å². The van der Waals surface area contributed by atoms with Crippen LogP contribution in [0.2, 0.25) is 0 Å². The lowest BCUT2D eigenvalue weighted by Crippen LogP contribution is -2.37. The Kier molecular flexibility index (Phi) is 6.64. The highest BCUT2D eigenvalue weighted by molar-refractivity contribution is 5.91. The largest absolute Gasteiger partial charge is 0.372 e. The Morgan fingerprint density at radius 1 is 1.17 bits per heavy atom. The lowest BCUT2D eigenvalue weighted by atomic mass is 10.1. The van der Waals surface area contributed by atoms with Crippen LogP contribution in [0, 0.1) is 5.92 Å². The minimum atomic E-state index is -0.0120. The van der Waals surface area contributed by atoms with Crippen LogP contribution in [-0.4, -0.2) is 38.0 Å². The van der Waals surface area contributed by atoms with Crippen LogP contribution < -0.4 is 15.1 Å². The SMILES string of the molecule is CC(=O)N(CCNC(=O)CC(C)C)c1ccc(N2CCCC2)cc1. The average Bonchev–Trinajstić information content (AvgIpc) is 3.05. The number of hydrogen-bond donors (Lipinski definition) is 1. The van der Waals surface area contributed by atoms with Gasteiger partial charge in [-0.1, -0.05) is 13.8 Å². The van der Waals surface area contributed by atoms with E-state index < -0.39 is 0 Å². The first-order valence-electron chi connectivity index (χ1n) is 8.87. The van der Waals surface area contributed by atoms with E-state index in [-0.39, 0.29) is 11.8 Å². The third-order valence-corrected chi connectivity index (χ3v) is 4.26. The Morgan fingerprint density at radius 3 is 2.33 bits per heavy atom. The van der Waals surface area contributed by atoms with E-state index in [1.165, 1.54) is 18.5 Å². The summed E-state index contributed by atoms with van der Waals surface area (Å²) in [5, 5.41) is 2.88. The first-order chi connectivity index (χ1) is 11.5. The highest BCUT2D eigenvalue weighted by Gasteiger charge is 2.15. The van der Waals surface area contributed by atoms with Crippen LogP contribution in [0.15, 0.2) is 24.3 Å². The van der Waals surface area contributed by atoms with Crippen LogP contribution in [-0.2, 0) is 9.59 Å². The summed E-state index contributed by atoms with van der Waals surface area (Å²) in [6.07, 6.45) is 3.01. The van der Waals surface area contributed by atoms with Gasteiger partial charge in [0, 0.05) is 50.9 Å². The molecular formula is C19H29N3O2. The van der Waals surface area contributed by atoms with Gasteiger partial charge in [0.25, 0.3) is 0 Å². The number of amides is 2. The monoisotopic (exact) mass is 331 g/mol. The summed E-state index contributed by atoms with van der Waals surface area (Å²) < 4.78 is 0. The van der Waals surface area contributed by atoms with Crippen molar-refractivity contribution in [2.75, 3.05) is 36.0 Å². The van der Waals surface area contributed by atoms with E-state index >= 15 is 0 Å². The standard InChI is InChI=1S/C19H29N3O2/c1-15(2)14-19(24)20-10-13-22(16(3)23)18-8-6-17(7-9-18)21-11-4-5-12-21/h6-9,15H,4-5,10-14H2,1-3H3,(H,20,24). The predicted octanol–water partition coefficient (Wildman–Crippen LogP) is 2.80. The molecule has 0 unspecified atom stereocenters. The molecule has 1 aromatic rings. The summed E-state index contributed by atoms with van der Waals surface area (Å²) in [6, 6.07) is 8.14. The van der Waals surface area contributed by atoms with Gasteiger partial charge in [-0.2, -0.15) is 0 Å². The van der Waals surface area contributed by atoms with Crippen LogP contribution >= 0.6 is 0 Å². The zero-order valence-electron chi connectivity index (χ0n) is 15.0. The van der Waals surface area contributed by atoms with Crippen molar-refractivity contribution >= 4 is 23.2 Å². The van der Waals surface area contributed by atoms with E-state index in [0.717, 1.165) is 18.8 Å². The van der Waals surface area contributed by atoms with Gasteiger partial charge in [-0.15, -0.1) is 0 Å². The van der Waals surface area contributed by atoms with E-state index in [2.05, 4.69) is 22.3 Å². The van der Waals surface area contributed by atoms with Gasteiger partial charge in [0.15, 0.2) is 0 Å². The number of carbonyl (C=O) groups is 2. The van der Waals surface area contributed by atoms with Gasteiger partial charge < -0.3 is 15.1 Å². The van der Waals surface area contributed by atoms with Crippen molar-refractivity contribution in [1.29, 1.82) is 0 Å². The number of rotatable bonds is 7. The van der Waals surface area contributed by atoms with Gasteiger partial charge in [-0.3, -0.25) is 9.59 Å². The molecule has 0 bridgehead atoms. The van der Waals surface area contributed by atoms with Crippen LogP contribution in [0.5, 0.6) is 0 Å². The van der Waals surface area contributed by atoms with E-state index in [4.69, 9.17) is 0 Å². The van der Waals surface area contributed by atoms with E-state index in [1.807, 2.05) is 26.0 Å². The van der Waals surface area contributed by atoms with E-state index in [1.54, 1.807) is 11.8 Å².